The Hall–Kier alpha value is -2.89. The number of aliphatic hydroxyl groups excluding tert-OH is 1. The first kappa shape index (κ1) is 27.2. The maximum Gasteiger partial charge on any atom is 0.416 e. The number of alkyl halides is 3. The van der Waals surface area contributed by atoms with Gasteiger partial charge in [0.2, 0.25) is 0 Å². The summed E-state index contributed by atoms with van der Waals surface area (Å²) in [6.07, 6.45) is -2.92. The maximum atomic E-state index is 13.4. The molecule has 0 spiro atoms. The molecule has 37 heavy (non-hydrogen) atoms. The van der Waals surface area contributed by atoms with Gasteiger partial charge in [0, 0.05) is 12.0 Å². The lowest BCUT2D eigenvalue weighted by molar-refractivity contribution is -0.137. The number of carboxylic acid groups (broad SMARTS) is 1. The van der Waals surface area contributed by atoms with Crippen molar-refractivity contribution < 1.29 is 42.4 Å². The Labute approximate surface area is 215 Å². The number of aromatic carboxylic acids is 1. The lowest BCUT2D eigenvalue weighted by Gasteiger charge is -2.27. The van der Waals surface area contributed by atoms with Crippen LogP contribution in [-0.2, 0) is 17.3 Å². The Balaban J connectivity index is 1.72. The Morgan fingerprint density at radius 1 is 1.14 bits per heavy atom. The molecular weight excluding hydrogens is 511 g/mol. The van der Waals surface area contributed by atoms with Gasteiger partial charge in [0.25, 0.3) is 0 Å². The zero-order chi connectivity index (χ0) is 26.9. The van der Waals surface area contributed by atoms with E-state index in [0.29, 0.717) is 28.1 Å². The van der Waals surface area contributed by atoms with E-state index in [-0.39, 0.29) is 22.7 Å². The van der Waals surface area contributed by atoms with Crippen LogP contribution in [0.15, 0.2) is 24.3 Å². The zero-order valence-electron chi connectivity index (χ0n) is 20.6. The molecule has 11 heteroatoms. The summed E-state index contributed by atoms with van der Waals surface area (Å²) in [6.45, 7) is 1.83. The standard InChI is InChI=1S/C26H28F3NO6S/c1-13-18(34-2)8-14(9-19(13)35-3)24(31)20(36-16-6-4-5-7-16)12-22-30-23-17(25(32)33)10-15(26(27,28)29)11-21(23)37-22/h8-11,16,20,24,31H,4-7,12H2,1-3H3,(H,32,33). The number of aromatic nitrogens is 1. The van der Waals surface area contributed by atoms with Gasteiger partial charge in [-0.25, -0.2) is 9.78 Å². The number of fused-ring (bicyclic) bond motifs is 1. The number of halogens is 3. The number of hydrogen-bond donors (Lipinski definition) is 2. The molecular formula is C26H28F3NO6S. The third kappa shape index (κ3) is 5.83. The molecule has 0 radical (unpaired) electrons. The second-order valence-corrected chi connectivity index (χ2v) is 10.2. The predicted molar refractivity (Wildman–Crippen MR) is 132 cm³/mol. The average Bonchev–Trinajstić information content (AvgIpc) is 3.51. The van der Waals surface area contributed by atoms with Crippen LogP contribution < -0.4 is 9.47 Å². The second kappa shape index (κ2) is 10.8. The molecule has 0 saturated heterocycles. The molecule has 0 amide bonds. The third-order valence-corrected chi connectivity index (χ3v) is 7.64. The molecule has 1 fully saturated rings. The monoisotopic (exact) mass is 539 g/mol. The summed E-state index contributed by atoms with van der Waals surface area (Å²) in [7, 11) is 3.03. The van der Waals surface area contributed by atoms with Crippen LogP contribution >= 0.6 is 11.3 Å². The van der Waals surface area contributed by atoms with Gasteiger partial charge in [-0.1, -0.05) is 12.8 Å². The molecule has 1 aliphatic carbocycles. The summed E-state index contributed by atoms with van der Waals surface area (Å²) in [5.41, 5.74) is -0.330. The van der Waals surface area contributed by atoms with E-state index in [0.717, 1.165) is 48.6 Å². The quantitative estimate of drug-likeness (QED) is 0.347. The lowest BCUT2D eigenvalue weighted by atomic mass is 9.99. The first-order valence-electron chi connectivity index (χ1n) is 11.8. The molecule has 1 heterocycles. The van der Waals surface area contributed by atoms with Crippen LogP contribution in [0.25, 0.3) is 10.2 Å². The molecule has 2 unspecified atom stereocenters. The van der Waals surface area contributed by atoms with Gasteiger partial charge in [-0.3, -0.25) is 0 Å². The number of carbonyl (C=O) groups is 1. The smallest absolute Gasteiger partial charge is 0.416 e. The number of hydrogen-bond acceptors (Lipinski definition) is 7. The molecule has 200 valence electrons. The van der Waals surface area contributed by atoms with E-state index in [1.165, 1.54) is 14.2 Å². The molecule has 3 aromatic rings. The zero-order valence-corrected chi connectivity index (χ0v) is 21.4. The van der Waals surface area contributed by atoms with Crippen LogP contribution in [0, 0.1) is 6.92 Å². The summed E-state index contributed by atoms with van der Waals surface area (Å²) >= 11 is 0.961. The van der Waals surface area contributed by atoms with Crippen molar-refractivity contribution in [3.05, 3.63) is 51.5 Å². The number of carboxylic acids is 1. The SMILES string of the molecule is COc1cc(C(O)C(Cc2nc3c(C(=O)O)cc(C(F)(F)F)cc3s2)OC2CCCC2)cc(OC)c1C. The van der Waals surface area contributed by atoms with Gasteiger partial charge in [-0.05, 0) is 49.6 Å². The number of thiazole rings is 1. The van der Waals surface area contributed by atoms with E-state index >= 15 is 0 Å². The van der Waals surface area contributed by atoms with Crippen LogP contribution in [0.3, 0.4) is 0 Å². The Morgan fingerprint density at radius 3 is 2.30 bits per heavy atom. The van der Waals surface area contributed by atoms with Crippen molar-refractivity contribution in [1.82, 2.24) is 4.98 Å². The van der Waals surface area contributed by atoms with Crippen molar-refractivity contribution in [3.8, 4) is 11.5 Å². The molecule has 0 aliphatic heterocycles. The van der Waals surface area contributed by atoms with Crippen LogP contribution in [0.4, 0.5) is 13.2 Å². The van der Waals surface area contributed by atoms with E-state index < -0.39 is 35.5 Å². The highest BCUT2D eigenvalue weighted by Crippen LogP contribution is 2.38. The summed E-state index contributed by atoms with van der Waals surface area (Å²) in [6, 6.07) is 4.90. The fourth-order valence-corrected chi connectivity index (χ4v) is 5.74. The Bertz CT molecular complexity index is 1260. The highest BCUT2D eigenvalue weighted by Gasteiger charge is 2.34. The largest absolute Gasteiger partial charge is 0.496 e. The summed E-state index contributed by atoms with van der Waals surface area (Å²) in [5.74, 6) is -0.442. The number of benzene rings is 2. The number of ether oxygens (including phenoxy) is 3. The first-order valence-corrected chi connectivity index (χ1v) is 12.6. The number of rotatable bonds is 9. The minimum absolute atomic E-state index is 0.0201. The van der Waals surface area contributed by atoms with Crippen molar-refractivity contribution in [1.29, 1.82) is 0 Å². The fourth-order valence-electron chi connectivity index (χ4n) is 4.66. The molecule has 7 nitrogen and oxygen atoms in total. The van der Waals surface area contributed by atoms with Gasteiger partial charge in [-0.2, -0.15) is 13.2 Å². The van der Waals surface area contributed by atoms with Crippen molar-refractivity contribution in [2.45, 2.75) is 63.5 Å². The van der Waals surface area contributed by atoms with Gasteiger partial charge >= 0.3 is 12.1 Å². The van der Waals surface area contributed by atoms with Gasteiger partial charge in [0.1, 0.15) is 17.6 Å². The van der Waals surface area contributed by atoms with Crippen molar-refractivity contribution in [3.63, 3.8) is 0 Å². The topological polar surface area (TPSA) is 98.1 Å². The highest BCUT2D eigenvalue weighted by atomic mass is 32.1. The van der Waals surface area contributed by atoms with Crippen molar-refractivity contribution in [2.75, 3.05) is 14.2 Å². The molecule has 2 aromatic carbocycles. The van der Waals surface area contributed by atoms with Gasteiger partial charge in [0.15, 0.2) is 0 Å². The number of aliphatic hydroxyl groups is 1. The van der Waals surface area contributed by atoms with Gasteiger partial charge in [-0.15, -0.1) is 11.3 Å². The molecule has 2 atom stereocenters. The predicted octanol–water partition coefficient (Wildman–Crippen LogP) is 5.94. The first-order chi connectivity index (χ1) is 17.5. The fraction of sp³-hybridized carbons (Fsp3) is 0.462. The average molecular weight is 540 g/mol. The molecule has 1 aliphatic rings. The normalized spacial score (nSPS) is 16.2. The van der Waals surface area contributed by atoms with E-state index in [9.17, 15) is 28.2 Å². The van der Waals surface area contributed by atoms with Crippen molar-refractivity contribution >= 4 is 27.5 Å². The molecule has 1 saturated carbocycles. The van der Waals surface area contributed by atoms with E-state index in [2.05, 4.69) is 4.98 Å². The van der Waals surface area contributed by atoms with E-state index in [1.807, 2.05) is 6.92 Å². The maximum absolute atomic E-state index is 13.4. The van der Waals surface area contributed by atoms with E-state index in [4.69, 9.17) is 14.2 Å². The Kier molecular flexibility index (Phi) is 7.96. The van der Waals surface area contributed by atoms with Crippen LogP contribution in [0.2, 0.25) is 0 Å². The van der Waals surface area contributed by atoms with Crippen molar-refractivity contribution in [2.24, 2.45) is 0 Å². The molecule has 4 rings (SSSR count). The van der Waals surface area contributed by atoms with Crippen LogP contribution in [-0.4, -0.2) is 47.6 Å². The van der Waals surface area contributed by atoms with E-state index in [1.54, 1.807) is 12.1 Å². The minimum atomic E-state index is -4.70. The number of methoxy groups -OCH3 is 2. The minimum Gasteiger partial charge on any atom is -0.496 e. The molecule has 1 aromatic heterocycles. The lowest BCUT2D eigenvalue weighted by Crippen LogP contribution is -2.29. The summed E-state index contributed by atoms with van der Waals surface area (Å²) in [5, 5.41) is 21.3. The van der Waals surface area contributed by atoms with Gasteiger partial charge in [0.05, 0.1) is 52.8 Å². The number of nitrogens with zero attached hydrogens (tertiary/aromatic N) is 1. The highest BCUT2D eigenvalue weighted by molar-refractivity contribution is 7.18. The van der Waals surface area contributed by atoms with Crippen LogP contribution in [0.1, 0.15) is 63.8 Å². The molecule has 2 N–H and O–H groups in total. The summed E-state index contributed by atoms with van der Waals surface area (Å²) in [4.78, 5) is 16.1. The Morgan fingerprint density at radius 2 is 1.76 bits per heavy atom. The molecule has 0 bridgehead atoms. The third-order valence-electron chi connectivity index (χ3n) is 6.61. The van der Waals surface area contributed by atoms with Gasteiger partial charge < -0.3 is 24.4 Å². The summed E-state index contributed by atoms with van der Waals surface area (Å²) < 4.78 is 57.4. The second-order valence-electron chi connectivity index (χ2n) is 9.06. The van der Waals surface area contributed by atoms with Crippen LogP contribution in [0.5, 0.6) is 11.5 Å².